The van der Waals surface area contributed by atoms with E-state index in [2.05, 4.69) is 46.8 Å². The van der Waals surface area contributed by atoms with Gasteiger partial charge in [0.2, 0.25) is 6.79 Å². The van der Waals surface area contributed by atoms with Gasteiger partial charge in [-0.3, -0.25) is 4.99 Å². The predicted molar refractivity (Wildman–Crippen MR) is 113 cm³/mol. The maximum absolute atomic E-state index is 6.13. The normalized spacial score (nSPS) is 21.1. The van der Waals surface area contributed by atoms with Crippen LogP contribution in [0.2, 0.25) is 0 Å². The lowest BCUT2D eigenvalue weighted by atomic mass is 9.89. The fourth-order valence-corrected chi connectivity index (χ4v) is 3.86. The SMILES string of the molecule is CN=C(NCc1ccc2c(c1)OCO2)NCC1CCCOC1c1ccc(C)cc1. The quantitative estimate of drug-likeness (QED) is 0.599. The van der Waals surface area contributed by atoms with E-state index in [9.17, 15) is 0 Å². The van der Waals surface area contributed by atoms with Crippen molar-refractivity contribution >= 4 is 5.96 Å². The lowest BCUT2D eigenvalue weighted by Crippen LogP contribution is -2.41. The second-order valence-corrected chi connectivity index (χ2v) is 7.60. The summed E-state index contributed by atoms with van der Waals surface area (Å²) in [6.45, 7) is 4.71. The molecule has 2 aromatic rings. The zero-order chi connectivity index (χ0) is 20.1. The molecule has 0 radical (unpaired) electrons. The van der Waals surface area contributed by atoms with Crippen LogP contribution in [0.15, 0.2) is 47.5 Å². The van der Waals surface area contributed by atoms with Crippen LogP contribution in [-0.4, -0.2) is 33.0 Å². The second kappa shape index (κ2) is 9.18. The zero-order valence-electron chi connectivity index (χ0n) is 17.1. The van der Waals surface area contributed by atoms with Crippen LogP contribution in [0.25, 0.3) is 0 Å². The molecule has 4 rings (SSSR count). The molecule has 2 heterocycles. The van der Waals surface area contributed by atoms with Gasteiger partial charge in [-0.05, 0) is 43.0 Å². The molecule has 2 atom stereocenters. The van der Waals surface area contributed by atoms with Crippen LogP contribution in [0.4, 0.5) is 0 Å². The number of nitrogens with one attached hydrogen (secondary N) is 2. The molecule has 1 saturated heterocycles. The van der Waals surface area contributed by atoms with E-state index in [1.54, 1.807) is 7.05 Å². The van der Waals surface area contributed by atoms with Crippen LogP contribution >= 0.6 is 0 Å². The molecule has 0 amide bonds. The van der Waals surface area contributed by atoms with Crippen LogP contribution in [0, 0.1) is 12.8 Å². The molecule has 1 fully saturated rings. The molecule has 0 saturated carbocycles. The Hall–Kier alpha value is -2.73. The lowest BCUT2D eigenvalue weighted by Gasteiger charge is -2.32. The van der Waals surface area contributed by atoms with Gasteiger partial charge in [-0.2, -0.15) is 0 Å². The number of aryl methyl sites for hydroxylation is 1. The van der Waals surface area contributed by atoms with Crippen molar-refractivity contribution < 1.29 is 14.2 Å². The Morgan fingerprint density at radius 1 is 1.07 bits per heavy atom. The molecule has 154 valence electrons. The Labute approximate surface area is 172 Å². The van der Waals surface area contributed by atoms with Crippen molar-refractivity contribution in [3.8, 4) is 11.5 Å². The van der Waals surface area contributed by atoms with Crippen LogP contribution in [-0.2, 0) is 11.3 Å². The van der Waals surface area contributed by atoms with Crippen molar-refractivity contribution in [2.45, 2.75) is 32.4 Å². The van der Waals surface area contributed by atoms with Crippen LogP contribution in [0.5, 0.6) is 11.5 Å². The van der Waals surface area contributed by atoms with E-state index in [0.29, 0.717) is 19.3 Å². The van der Waals surface area contributed by atoms with Crippen molar-refractivity contribution in [1.82, 2.24) is 10.6 Å². The smallest absolute Gasteiger partial charge is 0.231 e. The molecule has 2 N–H and O–H groups in total. The molecule has 0 aliphatic carbocycles. The Morgan fingerprint density at radius 3 is 2.72 bits per heavy atom. The number of ether oxygens (including phenoxy) is 3. The van der Waals surface area contributed by atoms with Crippen LogP contribution < -0.4 is 20.1 Å². The minimum absolute atomic E-state index is 0.129. The van der Waals surface area contributed by atoms with Gasteiger partial charge in [0.25, 0.3) is 0 Å². The minimum atomic E-state index is 0.129. The Bertz CT molecular complexity index is 851. The molecule has 2 unspecified atom stereocenters. The van der Waals surface area contributed by atoms with Crippen molar-refractivity contribution in [1.29, 1.82) is 0 Å². The van der Waals surface area contributed by atoms with Gasteiger partial charge in [0.05, 0.1) is 6.10 Å². The molecule has 2 aliphatic heterocycles. The highest BCUT2D eigenvalue weighted by atomic mass is 16.7. The predicted octanol–water partition coefficient (Wildman–Crippen LogP) is 3.56. The Morgan fingerprint density at radius 2 is 1.90 bits per heavy atom. The van der Waals surface area contributed by atoms with E-state index in [0.717, 1.165) is 49.0 Å². The third-order valence-corrected chi connectivity index (χ3v) is 5.50. The molecule has 2 aromatic carbocycles. The van der Waals surface area contributed by atoms with E-state index in [1.807, 2.05) is 18.2 Å². The highest BCUT2D eigenvalue weighted by Gasteiger charge is 2.27. The molecule has 0 spiro atoms. The van der Waals surface area contributed by atoms with Gasteiger partial charge >= 0.3 is 0 Å². The maximum atomic E-state index is 6.13. The summed E-state index contributed by atoms with van der Waals surface area (Å²) in [4.78, 5) is 4.37. The van der Waals surface area contributed by atoms with Gasteiger partial charge in [-0.1, -0.05) is 35.9 Å². The fraction of sp³-hybridized carbons (Fsp3) is 0.435. The Kier molecular flexibility index (Phi) is 6.20. The van der Waals surface area contributed by atoms with Gasteiger partial charge in [0, 0.05) is 32.7 Å². The monoisotopic (exact) mass is 395 g/mol. The highest BCUT2D eigenvalue weighted by molar-refractivity contribution is 5.79. The van der Waals surface area contributed by atoms with Gasteiger partial charge in [-0.15, -0.1) is 0 Å². The average Bonchev–Trinajstić information content (AvgIpc) is 3.23. The largest absolute Gasteiger partial charge is 0.454 e. The van der Waals surface area contributed by atoms with Gasteiger partial charge in [-0.25, -0.2) is 0 Å². The number of fused-ring (bicyclic) bond motifs is 1. The lowest BCUT2D eigenvalue weighted by molar-refractivity contribution is -0.0265. The average molecular weight is 396 g/mol. The molecule has 2 aliphatic rings. The third kappa shape index (κ3) is 4.82. The van der Waals surface area contributed by atoms with Crippen molar-refractivity contribution in [3.05, 3.63) is 59.2 Å². The Balaban J connectivity index is 1.32. The van der Waals surface area contributed by atoms with Crippen molar-refractivity contribution in [2.75, 3.05) is 27.0 Å². The summed E-state index contributed by atoms with van der Waals surface area (Å²) in [7, 11) is 1.80. The standard InChI is InChI=1S/C23H29N3O3/c1-16-5-8-18(9-6-16)22-19(4-3-11-27-22)14-26-23(24-2)25-13-17-7-10-20-21(12-17)29-15-28-20/h5-10,12,19,22H,3-4,11,13-15H2,1-2H3,(H2,24,25,26). The fourth-order valence-electron chi connectivity index (χ4n) is 3.86. The maximum Gasteiger partial charge on any atom is 0.231 e. The van der Waals surface area contributed by atoms with Crippen LogP contribution in [0.3, 0.4) is 0 Å². The first kappa shape index (κ1) is 19.6. The summed E-state index contributed by atoms with van der Waals surface area (Å²) in [5, 5.41) is 6.86. The van der Waals surface area contributed by atoms with E-state index < -0.39 is 0 Å². The second-order valence-electron chi connectivity index (χ2n) is 7.60. The number of guanidine groups is 1. The molecular weight excluding hydrogens is 366 g/mol. The summed E-state index contributed by atoms with van der Waals surface area (Å²) >= 11 is 0. The molecule has 6 heteroatoms. The van der Waals surface area contributed by atoms with Crippen molar-refractivity contribution in [2.24, 2.45) is 10.9 Å². The van der Waals surface area contributed by atoms with Gasteiger partial charge in [0.15, 0.2) is 17.5 Å². The third-order valence-electron chi connectivity index (χ3n) is 5.50. The highest BCUT2D eigenvalue weighted by Crippen LogP contribution is 2.34. The number of nitrogens with zero attached hydrogens (tertiary/aromatic N) is 1. The summed E-state index contributed by atoms with van der Waals surface area (Å²) < 4.78 is 16.9. The number of rotatable bonds is 5. The topological polar surface area (TPSA) is 64.1 Å². The van der Waals surface area contributed by atoms with E-state index in [1.165, 1.54) is 11.1 Å². The molecule has 29 heavy (non-hydrogen) atoms. The number of aliphatic imine (C=N–C) groups is 1. The van der Waals surface area contributed by atoms with E-state index in [-0.39, 0.29) is 6.10 Å². The first-order valence-electron chi connectivity index (χ1n) is 10.2. The van der Waals surface area contributed by atoms with E-state index in [4.69, 9.17) is 14.2 Å². The molecule has 0 aromatic heterocycles. The molecule has 0 bridgehead atoms. The number of hydrogen-bond acceptors (Lipinski definition) is 4. The van der Waals surface area contributed by atoms with Gasteiger partial charge < -0.3 is 24.8 Å². The van der Waals surface area contributed by atoms with Gasteiger partial charge in [0.1, 0.15) is 0 Å². The number of hydrogen-bond donors (Lipinski definition) is 2. The first-order chi connectivity index (χ1) is 14.2. The van der Waals surface area contributed by atoms with Crippen LogP contribution in [0.1, 0.15) is 35.6 Å². The summed E-state index contributed by atoms with van der Waals surface area (Å²) in [6, 6.07) is 14.7. The van der Waals surface area contributed by atoms with E-state index >= 15 is 0 Å². The number of benzene rings is 2. The first-order valence-corrected chi connectivity index (χ1v) is 10.2. The zero-order valence-corrected chi connectivity index (χ0v) is 17.1. The van der Waals surface area contributed by atoms with Crippen molar-refractivity contribution in [3.63, 3.8) is 0 Å². The summed E-state index contributed by atoms with van der Waals surface area (Å²) in [6.07, 6.45) is 2.37. The minimum Gasteiger partial charge on any atom is -0.454 e. The molecule has 6 nitrogen and oxygen atoms in total. The molecular formula is C23H29N3O3. The summed E-state index contributed by atoms with van der Waals surface area (Å²) in [5.41, 5.74) is 3.65. The summed E-state index contributed by atoms with van der Waals surface area (Å²) in [5.74, 6) is 2.80.